The molecule has 0 bridgehead atoms. The molecule has 0 unspecified atom stereocenters. The molecule has 0 aromatic heterocycles. The normalized spacial score (nSPS) is 21.0. The first-order valence-electron chi connectivity index (χ1n) is 5.25. The fourth-order valence-electron chi connectivity index (χ4n) is 1.86. The van der Waals surface area contributed by atoms with Gasteiger partial charge < -0.3 is 4.90 Å². The van der Waals surface area contributed by atoms with Gasteiger partial charge in [0.25, 0.3) is 5.91 Å². The number of amides is 1. The molecule has 1 aromatic carbocycles. The molecule has 5 heteroatoms. The molecule has 2 aliphatic heterocycles. The van der Waals surface area contributed by atoms with Crippen molar-refractivity contribution in [1.29, 1.82) is 0 Å². The van der Waals surface area contributed by atoms with Gasteiger partial charge in [-0.05, 0) is 17.7 Å². The Bertz CT molecular complexity index is 553. The lowest BCUT2D eigenvalue weighted by Crippen LogP contribution is -2.20. The Labute approximate surface area is 108 Å². The van der Waals surface area contributed by atoms with Crippen molar-refractivity contribution < 1.29 is 4.79 Å². The number of halogens is 1. The molecule has 1 amide bonds. The van der Waals surface area contributed by atoms with Gasteiger partial charge in [0.1, 0.15) is 5.70 Å². The van der Waals surface area contributed by atoms with Gasteiger partial charge in [0.2, 0.25) is 0 Å². The number of rotatable bonds is 1. The van der Waals surface area contributed by atoms with Crippen molar-refractivity contribution in [3.63, 3.8) is 0 Å². The molecular weight excluding hydrogens is 256 g/mol. The second kappa shape index (κ2) is 4.20. The number of aliphatic imine (C=N–C) groups is 1. The summed E-state index contributed by atoms with van der Waals surface area (Å²) in [5.74, 6) is 0.804. The zero-order chi connectivity index (χ0) is 11.8. The highest BCUT2D eigenvalue weighted by atomic mass is 35.5. The van der Waals surface area contributed by atoms with Gasteiger partial charge in [-0.2, -0.15) is 4.99 Å². The van der Waals surface area contributed by atoms with Crippen molar-refractivity contribution in [1.82, 2.24) is 4.90 Å². The smallest absolute Gasteiger partial charge is 0.296 e. The van der Waals surface area contributed by atoms with Crippen LogP contribution < -0.4 is 0 Å². The number of thioether (sulfide) groups is 1. The summed E-state index contributed by atoms with van der Waals surface area (Å²) in [5, 5.41) is 1.46. The molecule has 0 N–H and O–H groups in total. The number of hydrogen-bond acceptors (Lipinski definition) is 3. The Morgan fingerprint density at radius 3 is 3.06 bits per heavy atom. The van der Waals surface area contributed by atoms with Crippen LogP contribution in [0.25, 0.3) is 6.08 Å². The summed E-state index contributed by atoms with van der Waals surface area (Å²) < 4.78 is 0. The predicted octanol–water partition coefficient (Wildman–Crippen LogP) is 2.63. The second-order valence-corrected chi connectivity index (χ2v) is 5.22. The van der Waals surface area contributed by atoms with Crippen LogP contribution in [0.1, 0.15) is 5.56 Å². The van der Waals surface area contributed by atoms with Gasteiger partial charge in [0.05, 0.1) is 0 Å². The number of amidine groups is 1. The van der Waals surface area contributed by atoms with Crippen LogP contribution in [-0.4, -0.2) is 28.3 Å². The Kier molecular flexibility index (Phi) is 2.68. The van der Waals surface area contributed by atoms with Crippen LogP contribution in [0.4, 0.5) is 0 Å². The van der Waals surface area contributed by atoms with Gasteiger partial charge in [-0.15, -0.1) is 0 Å². The molecule has 3 rings (SSSR count). The summed E-state index contributed by atoms with van der Waals surface area (Å²) in [6, 6.07) is 7.48. The van der Waals surface area contributed by atoms with E-state index in [1.807, 2.05) is 35.2 Å². The van der Waals surface area contributed by atoms with Crippen LogP contribution in [0.5, 0.6) is 0 Å². The minimum absolute atomic E-state index is 0.174. The van der Waals surface area contributed by atoms with E-state index in [1.54, 1.807) is 11.8 Å². The summed E-state index contributed by atoms with van der Waals surface area (Å²) in [6.45, 7) is 0.839. The zero-order valence-electron chi connectivity index (χ0n) is 8.89. The standard InChI is InChI=1S/C12H9ClN2OS/c13-9-4-2-1-3-8(9)7-10-11(16)14-12-15(10)5-6-17-12/h1-4,7H,5-6H2/b10-7-. The van der Waals surface area contributed by atoms with Gasteiger partial charge in [0.15, 0.2) is 5.17 Å². The number of fused-ring (bicyclic) bond motifs is 1. The molecule has 2 aliphatic rings. The van der Waals surface area contributed by atoms with Crippen LogP contribution in [-0.2, 0) is 4.79 Å². The second-order valence-electron chi connectivity index (χ2n) is 3.75. The first kappa shape index (κ1) is 10.9. The highest BCUT2D eigenvalue weighted by Gasteiger charge is 2.33. The van der Waals surface area contributed by atoms with E-state index in [0.717, 1.165) is 23.0 Å². The molecule has 17 heavy (non-hydrogen) atoms. The number of nitrogens with zero attached hydrogens (tertiary/aromatic N) is 2. The van der Waals surface area contributed by atoms with Crippen molar-refractivity contribution >= 4 is 40.5 Å². The summed E-state index contributed by atoms with van der Waals surface area (Å²) in [4.78, 5) is 17.7. The van der Waals surface area contributed by atoms with Gasteiger partial charge in [-0.25, -0.2) is 0 Å². The van der Waals surface area contributed by atoms with E-state index in [1.165, 1.54) is 0 Å². The van der Waals surface area contributed by atoms with E-state index in [0.29, 0.717) is 10.7 Å². The number of carbonyl (C=O) groups is 1. The number of carbonyl (C=O) groups excluding carboxylic acids is 1. The van der Waals surface area contributed by atoms with Gasteiger partial charge in [0, 0.05) is 17.3 Å². The largest absolute Gasteiger partial charge is 0.315 e. The third-order valence-electron chi connectivity index (χ3n) is 2.68. The first-order chi connectivity index (χ1) is 8.25. The lowest BCUT2D eigenvalue weighted by atomic mass is 10.2. The van der Waals surface area contributed by atoms with E-state index in [9.17, 15) is 4.79 Å². The van der Waals surface area contributed by atoms with Crippen LogP contribution in [0.3, 0.4) is 0 Å². The van der Waals surface area contributed by atoms with E-state index < -0.39 is 0 Å². The molecule has 1 aromatic rings. The van der Waals surface area contributed by atoms with Crippen molar-refractivity contribution in [2.75, 3.05) is 12.3 Å². The van der Waals surface area contributed by atoms with Crippen LogP contribution in [0.15, 0.2) is 35.0 Å². The average molecular weight is 265 g/mol. The van der Waals surface area contributed by atoms with Crippen molar-refractivity contribution in [2.45, 2.75) is 0 Å². The monoisotopic (exact) mass is 264 g/mol. The average Bonchev–Trinajstić information content (AvgIpc) is 2.85. The lowest BCUT2D eigenvalue weighted by molar-refractivity contribution is -0.114. The molecule has 1 fully saturated rings. The number of benzene rings is 1. The minimum atomic E-state index is -0.174. The maximum Gasteiger partial charge on any atom is 0.296 e. The third kappa shape index (κ3) is 1.87. The van der Waals surface area contributed by atoms with E-state index in [-0.39, 0.29) is 5.91 Å². The molecule has 0 radical (unpaired) electrons. The maximum atomic E-state index is 11.7. The zero-order valence-corrected chi connectivity index (χ0v) is 10.5. The molecule has 86 valence electrons. The molecule has 0 saturated carbocycles. The molecule has 0 aliphatic carbocycles. The van der Waals surface area contributed by atoms with Crippen molar-refractivity contribution in [2.24, 2.45) is 4.99 Å². The fraction of sp³-hybridized carbons (Fsp3) is 0.167. The number of hydrogen-bond donors (Lipinski definition) is 0. The fourth-order valence-corrected chi connectivity index (χ4v) is 3.00. The van der Waals surface area contributed by atoms with Gasteiger partial charge >= 0.3 is 0 Å². The summed E-state index contributed by atoms with van der Waals surface area (Å²) in [7, 11) is 0. The quantitative estimate of drug-likeness (QED) is 0.731. The van der Waals surface area contributed by atoms with Gasteiger partial charge in [-0.1, -0.05) is 41.6 Å². The summed E-state index contributed by atoms with van der Waals surface area (Å²) in [6.07, 6.45) is 1.81. The van der Waals surface area contributed by atoms with Crippen LogP contribution in [0, 0.1) is 0 Å². The Balaban J connectivity index is 2.00. The van der Waals surface area contributed by atoms with E-state index in [2.05, 4.69) is 4.99 Å². The molecular formula is C12H9ClN2OS. The molecule has 0 spiro atoms. The van der Waals surface area contributed by atoms with Gasteiger partial charge in [-0.3, -0.25) is 4.79 Å². The Morgan fingerprint density at radius 1 is 1.41 bits per heavy atom. The molecule has 0 atom stereocenters. The summed E-state index contributed by atoms with van der Waals surface area (Å²) in [5.41, 5.74) is 1.48. The van der Waals surface area contributed by atoms with E-state index >= 15 is 0 Å². The van der Waals surface area contributed by atoms with Crippen molar-refractivity contribution in [3.05, 3.63) is 40.5 Å². The highest BCUT2D eigenvalue weighted by Crippen LogP contribution is 2.30. The summed E-state index contributed by atoms with van der Waals surface area (Å²) >= 11 is 7.69. The molecule has 3 nitrogen and oxygen atoms in total. The third-order valence-corrected chi connectivity index (χ3v) is 3.98. The maximum absolute atomic E-state index is 11.7. The van der Waals surface area contributed by atoms with E-state index in [4.69, 9.17) is 11.6 Å². The van der Waals surface area contributed by atoms with Crippen molar-refractivity contribution in [3.8, 4) is 0 Å². The Morgan fingerprint density at radius 2 is 2.24 bits per heavy atom. The minimum Gasteiger partial charge on any atom is -0.315 e. The highest BCUT2D eigenvalue weighted by molar-refractivity contribution is 8.14. The van der Waals surface area contributed by atoms with Crippen LogP contribution in [0.2, 0.25) is 5.02 Å². The Hall–Kier alpha value is -1.26. The predicted molar refractivity (Wildman–Crippen MR) is 71.0 cm³/mol. The SMILES string of the molecule is O=C1N=C2SCCN2/C1=C\c1ccccc1Cl. The topological polar surface area (TPSA) is 32.7 Å². The lowest BCUT2D eigenvalue weighted by Gasteiger charge is -2.11. The molecule has 1 saturated heterocycles. The first-order valence-corrected chi connectivity index (χ1v) is 6.61. The van der Waals surface area contributed by atoms with Crippen LogP contribution >= 0.6 is 23.4 Å². The molecule has 2 heterocycles.